The Kier molecular flexibility index (Phi) is 4.70. The highest BCUT2D eigenvalue weighted by molar-refractivity contribution is 6.42. The van der Waals surface area contributed by atoms with E-state index in [4.69, 9.17) is 11.6 Å². The van der Waals surface area contributed by atoms with Crippen molar-refractivity contribution in [1.29, 1.82) is 0 Å². The average molecular weight is 307 g/mol. The molecule has 0 aliphatic heterocycles. The summed E-state index contributed by atoms with van der Waals surface area (Å²) in [6, 6.07) is 3.16. The van der Waals surface area contributed by atoms with Gasteiger partial charge in [0.1, 0.15) is 0 Å². The van der Waals surface area contributed by atoms with E-state index in [9.17, 15) is 9.59 Å². The van der Waals surface area contributed by atoms with E-state index in [1.54, 1.807) is 23.0 Å². The number of pyridine rings is 1. The van der Waals surface area contributed by atoms with Crippen molar-refractivity contribution in [3.63, 3.8) is 0 Å². The van der Waals surface area contributed by atoms with Crippen molar-refractivity contribution in [2.45, 2.75) is 20.4 Å². The van der Waals surface area contributed by atoms with Gasteiger partial charge in [-0.3, -0.25) is 19.3 Å². The van der Waals surface area contributed by atoms with Crippen LogP contribution in [0.25, 0.3) is 0 Å². The van der Waals surface area contributed by atoms with Crippen LogP contribution in [0, 0.1) is 13.8 Å². The minimum atomic E-state index is -0.657. The van der Waals surface area contributed by atoms with Crippen LogP contribution in [0.5, 0.6) is 0 Å². The molecule has 1 N–H and O–H groups in total. The predicted molar refractivity (Wildman–Crippen MR) is 78.3 cm³/mol. The van der Waals surface area contributed by atoms with Gasteiger partial charge in [-0.25, -0.2) is 0 Å². The second kappa shape index (κ2) is 6.49. The number of rotatable bonds is 5. The largest absolute Gasteiger partial charge is 0.347 e. The second-order valence-electron chi connectivity index (χ2n) is 4.53. The van der Waals surface area contributed by atoms with Crippen LogP contribution in [0.2, 0.25) is 5.02 Å². The fraction of sp³-hybridized carbons (Fsp3) is 0.286. The first kappa shape index (κ1) is 15.2. The van der Waals surface area contributed by atoms with E-state index in [-0.39, 0.29) is 5.56 Å². The molecule has 0 atom stereocenters. The number of aromatic nitrogens is 3. The summed E-state index contributed by atoms with van der Waals surface area (Å²) >= 11 is 6.04. The van der Waals surface area contributed by atoms with Crippen molar-refractivity contribution < 1.29 is 9.59 Å². The molecule has 0 saturated heterocycles. The van der Waals surface area contributed by atoms with Gasteiger partial charge >= 0.3 is 0 Å². The quantitative estimate of drug-likeness (QED) is 0.671. The number of ketones is 1. The molecule has 7 heteroatoms. The molecule has 0 aliphatic carbocycles. The van der Waals surface area contributed by atoms with Gasteiger partial charge < -0.3 is 5.32 Å². The van der Waals surface area contributed by atoms with Gasteiger partial charge in [-0.1, -0.05) is 11.6 Å². The first-order chi connectivity index (χ1) is 10.0. The highest BCUT2D eigenvalue weighted by Crippen LogP contribution is 2.18. The Hall–Kier alpha value is -2.21. The molecule has 0 spiro atoms. The molecule has 0 aliphatic rings. The van der Waals surface area contributed by atoms with Crippen molar-refractivity contribution in [3.05, 3.63) is 46.5 Å². The number of hydrogen-bond acceptors (Lipinski definition) is 4. The van der Waals surface area contributed by atoms with Crippen LogP contribution in [-0.4, -0.2) is 33.0 Å². The third-order valence-corrected chi connectivity index (χ3v) is 3.58. The van der Waals surface area contributed by atoms with Gasteiger partial charge in [-0.15, -0.1) is 0 Å². The molecule has 2 aromatic heterocycles. The predicted octanol–water partition coefficient (Wildman–Crippen LogP) is 1.55. The molecule has 110 valence electrons. The second-order valence-corrected chi connectivity index (χ2v) is 4.91. The summed E-state index contributed by atoms with van der Waals surface area (Å²) < 4.78 is 1.70. The van der Waals surface area contributed by atoms with Crippen molar-refractivity contribution >= 4 is 23.3 Å². The van der Waals surface area contributed by atoms with Crippen LogP contribution in [-0.2, 0) is 11.3 Å². The lowest BCUT2D eigenvalue weighted by Crippen LogP contribution is -2.33. The van der Waals surface area contributed by atoms with Crippen LogP contribution >= 0.6 is 11.6 Å². The van der Waals surface area contributed by atoms with Gasteiger partial charge in [0.15, 0.2) is 0 Å². The normalized spacial score (nSPS) is 10.4. The fourth-order valence-corrected chi connectivity index (χ4v) is 2.01. The third-order valence-electron chi connectivity index (χ3n) is 3.03. The number of nitrogens with zero attached hydrogens (tertiary/aromatic N) is 3. The monoisotopic (exact) mass is 306 g/mol. The van der Waals surface area contributed by atoms with E-state index in [1.807, 2.05) is 13.8 Å². The molecule has 0 saturated carbocycles. The summed E-state index contributed by atoms with van der Waals surface area (Å²) in [4.78, 5) is 27.4. The Balaban J connectivity index is 1.90. The van der Waals surface area contributed by atoms with Gasteiger partial charge in [0.2, 0.25) is 0 Å². The number of amides is 1. The van der Waals surface area contributed by atoms with Crippen molar-refractivity contribution in [2.75, 3.05) is 6.54 Å². The molecule has 0 bridgehead atoms. The molecule has 2 heterocycles. The molecule has 2 rings (SSSR count). The van der Waals surface area contributed by atoms with E-state index in [0.717, 1.165) is 11.4 Å². The first-order valence-electron chi connectivity index (χ1n) is 6.42. The molecule has 6 nitrogen and oxygen atoms in total. The van der Waals surface area contributed by atoms with Crippen LogP contribution < -0.4 is 5.32 Å². The van der Waals surface area contributed by atoms with Gasteiger partial charge in [-0.05, 0) is 26.0 Å². The van der Waals surface area contributed by atoms with E-state index in [0.29, 0.717) is 18.1 Å². The van der Waals surface area contributed by atoms with Crippen molar-refractivity contribution in [3.8, 4) is 0 Å². The minimum absolute atomic E-state index is 0.268. The molecule has 0 aromatic carbocycles. The standard InChI is InChI=1S/C14H15ClN4O2/c1-9-12(15)10(2)19(18-9)7-6-17-14(21)13(20)11-4-3-5-16-8-11/h3-5,8H,6-7H2,1-2H3,(H,17,21). The Morgan fingerprint density at radius 1 is 1.38 bits per heavy atom. The van der Waals surface area contributed by atoms with Gasteiger partial charge in [0.25, 0.3) is 11.7 Å². The van der Waals surface area contributed by atoms with Crippen LogP contribution in [0.4, 0.5) is 0 Å². The van der Waals surface area contributed by atoms with Crippen molar-refractivity contribution in [2.24, 2.45) is 0 Å². The van der Waals surface area contributed by atoms with E-state index in [1.165, 1.54) is 6.20 Å². The van der Waals surface area contributed by atoms with E-state index in [2.05, 4.69) is 15.4 Å². The molecular weight excluding hydrogens is 292 g/mol. The minimum Gasteiger partial charge on any atom is -0.347 e. The molecule has 21 heavy (non-hydrogen) atoms. The maximum Gasteiger partial charge on any atom is 0.292 e. The lowest BCUT2D eigenvalue weighted by Gasteiger charge is -2.06. The Morgan fingerprint density at radius 3 is 2.71 bits per heavy atom. The topological polar surface area (TPSA) is 76.9 Å². The molecule has 0 fully saturated rings. The summed E-state index contributed by atoms with van der Waals surface area (Å²) in [6.45, 7) is 4.41. The summed E-state index contributed by atoms with van der Waals surface area (Å²) in [5.41, 5.74) is 1.85. The molecular formula is C14H15ClN4O2. The number of halogens is 1. The van der Waals surface area contributed by atoms with Crippen LogP contribution in [0.1, 0.15) is 21.7 Å². The highest BCUT2D eigenvalue weighted by Gasteiger charge is 2.16. The van der Waals surface area contributed by atoms with Crippen LogP contribution in [0.15, 0.2) is 24.5 Å². The van der Waals surface area contributed by atoms with E-state index >= 15 is 0 Å². The SMILES string of the molecule is Cc1nn(CCNC(=O)C(=O)c2cccnc2)c(C)c1Cl. The van der Waals surface area contributed by atoms with E-state index < -0.39 is 11.7 Å². The molecule has 0 unspecified atom stereocenters. The zero-order valence-electron chi connectivity index (χ0n) is 11.8. The number of carbonyl (C=O) groups excluding carboxylic acids is 2. The molecule has 2 aromatic rings. The molecule has 0 radical (unpaired) electrons. The maximum atomic E-state index is 11.8. The summed E-state index contributed by atoms with van der Waals surface area (Å²) in [6.07, 6.45) is 2.91. The van der Waals surface area contributed by atoms with Gasteiger partial charge in [0.05, 0.1) is 23.0 Å². The summed E-state index contributed by atoms with van der Waals surface area (Å²) in [7, 11) is 0. The molecule has 1 amide bonds. The summed E-state index contributed by atoms with van der Waals surface area (Å²) in [5.74, 6) is -1.26. The Morgan fingerprint density at radius 2 is 2.14 bits per heavy atom. The first-order valence-corrected chi connectivity index (χ1v) is 6.80. The average Bonchev–Trinajstić information content (AvgIpc) is 2.74. The third kappa shape index (κ3) is 3.46. The number of carbonyl (C=O) groups is 2. The maximum absolute atomic E-state index is 11.8. The lowest BCUT2D eigenvalue weighted by molar-refractivity contribution is -0.117. The fourth-order valence-electron chi connectivity index (χ4n) is 1.88. The smallest absolute Gasteiger partial charge is 0.292 e. The number of hydrogen-bond donors (Lipinski definition) is 1. The highest BCUT2D eigenvalue weighted by atomic mass is 35.5. The number of aryl methyl sites for hydroxylation is 1. The van der Waals surface area contributed by atoms with Gasteiger partial charge in [0, 0.05) is 24.5 Å². The lowest BCUT2D eigenvalue weighted by atomic mass is 10.2. The Bertz CT molecular complexity index is 667. The zero-order valence-corrected chi connectivity index (χ0v) is 12.5. The number of Topliss-reactive ketones (excluding diaryl/α,β-unsaturated/α-hetero) is 1. The number of nitrogens with one attached hydrogen (secondary N) is 1. The van der Waals surface area contributed by atoms with Crippen LogP contribution in [0.3, 0.4) is 0 Å². The zero-order chi connectivity index (χ0) is 15.4. The summed E-state index contributed by atoms with van der Waals surface area (Å²) in [5, 5.41) is 7.43. The van der Waals surface area contributed by atoms with Gasteiger partial charge in [-0.2, -0.15) is 5.10 Å². The Labute approximate surface area is 127 Å². The van der Waals surface area contributed by atoms with Crippen molar-refractivity contribution in [1.82, 2.24) is 20.1 Å².